The van der Waals surface area contributed by atoms with Crippen LogP contribution in [-0.2, 0) is 32.8 Å². The molecule has 33 heavy (non-hydrogen) atoms. The summed E-state index contributed by atoms with van der Waals surface area (Å²) in [6.45, 7) is 3.01. The Balaban J connectivity index is 1.72. The van der Waals surface area contributed by atoms with Crippen molar-refractivity contribution in [3.63, 3.8) is 0 Å². The highest BCUT2D eigenvalue weighted by Crippen LogP contribution is 2.35. The zero-order chi connectivity index (χ0) is 24.6. The predicted octanol–water partition coefficient (Wildman–Crippen LogP) is 2.75. The van der Waals surface area contributed by atoms with E-state index in [9.17, 15) is 31.2 Å². The number of piperidine rings is 1. The predicted molar refractivity (Wildman–Crippen MR) is 114 cm³/mol. The Morgan fingerprint density at radius 2 is 1.76 bits per heavy atom. The summed E-state index contributed by atoms with van der Waals surface area (Å²) < 4.78 is 67.8. The summed E-state index contributed by atoms with van der Waals surface area (Å²) in [5.74, 6) is -1.12. The second kappa shape index (κ2) is 9.14. The van der Waals surface area contributed by atoms with E-state index in [1.54, 1.807) is 18.5 Å². The van der Waals surface area contributed by atoms with Crippen LogP contribution in [-0.4, -0.2) is 47.2 Å². The minimum Gasteiger partial charge on any atom is -0.337 e. The number of nitrogens with one attached hydrogen (secondary N) is 2. The Kier molecular flexibility index (Phi) is 6.84. The summed E-state index contributed by atoms with van der Waals surface area (Å²) in [6, 6.07) is 2.64. The lowest BCUT2D eigenvalue weighted by Gasteiger charge is -2.30. The van der Waals surface area contributed by atoms with Crippen molar-refractivity contribution in [1.82, 2.24) is 13.9 Å². The molecule has 1 aliphatic heterocycles. The van der Waals surface area contributed by atoms with Gasteiger partial charge in [-0.15, -0.1) is 0 Å². The van der Waals surface area contributed by atoms with Crippen LogP contribution in [0.25, 0.3) is 0 Å². The number of nitrogens with zero attached hydrogens (tertiary/aromatic N) is 3. The van der Waals surface area contributed by atoms with Crippen LogP contribution in [0.1, 0.15) is 31.2 Å². The monoisotopic (exact) mass is 487 g/mol. The largest absolute Gasteiger partial charge is 0.416 e. The molecule has 0 spiro atoms. The average molecular weight is 488 g/mol. The number of aryl methyl sites for hydroxylation is 2. The summed E-state index contributed by atoms with van der Waals surface area (Å²) in [5.41, 5.74) is -1.11. The Morgan fingerprint density at radius 1 is 1.12 bits per heavy atom. The van der Waals surface area contributed by atoms with Crippen molar-refractivity contribution < 1.29 is 31.2 Å². The maximum Gasteiger partial charge on any atom is 0.416 e. The lowest BCUT2D eigenvalue weighted by molar-refractivity contribution is -0.137. The molecule has 0 bridgehead atoms. The van der Waals surface area contributed by atoms with Gasteiger partial charge in [0.15, 0.2) is 5.03 Å². The molecule has 0 radical (unpaired) electrons. The van der Waals surface area contributed by atoms with E-state index in [0.29, 0.717) is 5.82 Å². The Labute approximate surface area is 189 Å². The topological polar surface area (TPSA) is 113 Å². The first-order valence-electron chi connectivity index (χ1n) is 10.1. The molecule has 1 aromatic carbocycles. The molecule has 0 saturated carbocycles. The molecule has 0 unspecified atom stereocenters. The highest BCUT2D eigenvalue weighted by Gasteiger charge is 2.35. The first kappa shape index (κ1) is 24.7. The lowest BCUT2D eigenvalue weighted by atomic mass is 9.97. The molecular formula is C20H24F3N5O4S. The summed E-state index contributed by atoms with van der Waals surface area (Å²) in [7, 11) is -2.14. The number of amides is 2. The van der Waals surface area contributed by atoms with Crippen LogP contribution < -0.4 is 10.6 Å². The van der Waals surface area contributed by atoms with E-state index in [4.69, 9.17) is 0 Å². The fraction of sp³-hybridized carbons (Fsp3) is 0.450. The van der Waals surface area contributed by atoms with Gasteiger partial charge in [-0.25, -0.2) is 13.4 Å². The maximum atomic E-state index is 13.1. The number of halogens is 3. The molecule has 3 rings (SSSR count). The fourth-order valence-electron chi connectivity index (χ4n) is 3.50. The third-order valence-corrected chi connectivity index (χ3v) is 7.20. The van der Waals surface area contributed by atoms with Crippen molar-refractivity contribution >= 4 is 33.2 Å². The van der Waals surface area contributed by atoms with Crippen molar-refractivity contribution in [3.05, 3.63) is 35.8 Å². The second-order valence-electron chi connectivity index (χ2n) is 7.84. The van der Waals surface area contributed by atoms with Gasteiger partial charge >= 0.3 is 6.18 Å². The van der Waals surface area contributed by atoms with Crippen molar-refractivity contribution in [3.8, 4) is 0 Å². The Hall–Kier alpha value is -2.93. The van der Waals surface area contributed by atoms with Gasteiger partial charge in [0.1, 0.15) is 5.82 Å². The van der Waals surface area contributed by atoms with Crippen molar-refractivity contribution in [2.45, 2.75) is 37.9 Å². The van der Waals surface area contributed by atoms with Gasteiger partial charge in [-0.3, -0.25) is 9.59 Å². The minimum atomic E-state index is -4.63. The number of sulfonamides is 1. The van der Waals surface area contributed by atoms with Crippen LogP contribution in [0.3, 0.4) is 0 Å². The number of rotatable bonds is 5. The number of hydrogen-bond acceptors (Lipinski definition) is 5. The number of alkyl halides is 3. The summed E-state index contributed by atoms with van der Waals surface area (Å²) >= 11 is 0. The number of carbonyl (C=O) groups is 2. The molecule has 0 aliphatic carbocycles. The van der Waals surface area contributed by atoms with Crippen LogP contribution >= 0.6 is 0 Å². The number of hydrogen-bond donors (Lipinski definition) is 2. The third-order valence-electron chi connectivity index (χ3n) is 5.43. The molecule has 0 atom stereocenters. The first-order valence-corrected chi connectivity index (χ1v) is 11.5. The molecule has 2 amide bonds. The van der Waals surface area contributed by atoms with E-state index in [-0.39, 0.29) is 42.3 Å². The highest BCUT2D eigenvalue weighted by molar-refractivity contribution is 7.89. The molecule has 2 N–H and O–H groups in total. The normalized spacial score (nSPS) is 15.9. The molecule has 1 aromatic heterocycles. The molecule has 1 aliphatic rings. The molecule has 9 nitrogen and oxygen atoms in total. The Morgan fingerprint density at radius 3 is 2.27 bits per heavy atom. The molecule has 2 heterocycles. The smallest absolute Gasteiger partial charge is 0.337 e. The van der Waals surface area contributed by atoms with Gasteiger partial charge in [-0.05, 0) is 38.0 Å². The zero-order valence-electron chi connectivity index (χ0n) is 18.2. The van der Waals surface area contributed by atoms with Crippen LogP contribution in [0, 0.1) is 12.8 Å². The van der Waals surface area contributed by atoms with Gasteiger partial charge < -0.3 is 15.2 Å². The molecule has 2 aromatic rings. The van der Waals surface area contributed by atoms with E-state index < -0.39 is 39.5 Å². The van der Waals surface area contributed by atoms with Crippen LogP contribution in [0.5, 0.6) is 0 Å². The molecule has 1 saturated heterocycles. The number of imidazole rings is 1. The second-order valence-corrected chi connectivity index (χ2v) is 9.73. The highest BCUT2D eigenvalue weighted by atomic mass is 32.2. The van der Waals surface area contributed by atoms with Gasteiger partial charge in [0.05, 0.1) is 16.9 Å². The van der Waals surface area contributed by atoms with E-state index in [2.05, 4.69) is 15.6 Å². The van der Waals surface area contributed by atoms with Gasteiger partial charge in [-0.2, -0.15) is 17.5 Å². The third kappa shape index (κ3) is 5.53. The van der Waals surface area contributed by atoms with Crippen molar-refractivity contribution in [2.24, 2.45) is 13.0 Å². The summed E-state index contributed by atoms with van der Waals surface area (Å²) in [4.78, 5) is 28.2. The van der Waals surface area contributed by atoms with E-state index >= 15 is 0 Å². The van der Waals surface area contributed by atoms with Crippen molar-refractivity contribution in [2.75, 3.05) is 23.7 Å². The molecule has 180 valence electrons. The standard InChI is InChI=1S/C20H24F3N5O4S/c1-12-24-18(11-27(12)3)33(31,32)28-8-6-14(7-9-28)19(30)26-17-10-15(20(21,22)23)4-5-16(17)25-13(2)29/h4-5,10-11,14H,6-9H2,1-3H3,(H,25,29)(H,26,30). The summed E-state index contributed by atoms with van der Waals surface area (Å²) in [6.07, 6.45) is -2.84. The van der Waals surface area contributed by atoms with Crippen molar-refractivity contribution in [1.29, 1.82) is 0 Å². The van der Waals surface area contributed by atoms with E-state index in [0.717, 1.165) is 18.2 Å². The van der Waals surface area contributed by atoms with Gasteiger partial charge in [0.2, 0.25) is 11.8 Å². The van der Waals surface area contributed by atoms with Gasteiger partial charge in [0.25, 0.3) is 10.0 Å². The molecule has 1 fully saturated rings. The summed E-state index contributed by atoms with van der Waals surface area (Å²) in [5, 5.41) is 4.78. The van der Waals surface area contributed by atoms with Crippen LogP contribution in [0.2, 0.25) is 0 Å². The van der Waals surface area contributed by atoms with Gasteiger partial charge in [0, 0.05) is 39.2 Å². The SMILES string of the molecule is CC(=O)Nc1ccc(C(F)(F)F)cc1NC(=O)C1CCN(S(=O)(=O)c2cn(C)c(C)n2)CC1. The quantitative estimate of drug-likeness (QED) is 0.673. The van der Waals surface area contributed by atoms with E-state index in [1.807, 2.05) is 0 Å². The number of aromatic nitrogens is 2. The zero-order valence-corrected chi connectivity index (χ0v) is 19.0. The Bertz CT molecular complexity index is 1150. The van der Waals surface area contributed by atoms with Crippen LogP contribution in [0.4, 0.5) is 24.5 Å². The number of anilines is 2. The maximum absolute atomic E-state index is 13.1. The first-order chi connectivity index (χ1) is 15.3. The average Bonchev–Trinajstić information content (AvgIpc) is 3.07. The molecular weight excluding hydrogens is 463 g/mol. The number of carbonyl (C=O) groups excluding carboxylic acids is 2. The number of benzene rings is 1. The van der Waals surface area contributed by atoms with Crippen LogP contribution in [0.15, 0.2) is 29.4 Å². The minimum absolute atomic E-state index is 0.0365. The fourth-order valence-corrected chi connectivity index (χ4v) is 4.99. The van der Waals surface area contributed by atoms with E-state index in [1.165, 1.54) is 17.4 Å². The van der Waals surface area contributed by atoms with Gasteiger partial charge in [-0.1, -0.05) is 0 Å². The lowest BCUT2D eigenvalue weighted by Crippen LogP contribution is -2.41. The molecule has 13 heteroatoms.